The summed E-state index contributed by atoms with van der Waals surface area (Å²) in [5.41, 5.74) is 4.87. The highest BCUT2D eigenvalue weighted by atomic mass is 28.1. The molecule has 0 aliphatic rings. The first-order chi connectivity index (χ1) is 5.66. The summed E-state index contributed by atoms with van der Waals surface area (Å²) in [6, 6.07) is 6.50. The largest absolute Gasteiger partial charge is 0.103 e. The first-order valence-corrected chi connectivity index (χ1v) is 5.51. The first-order valence-electron chi connectivity index (χ1n) is 4.35. The Labute approximate surface area is 77.7 Å². The third-order valence-electron chi connectivity index (χ3n) is 2.49. The Morgan fingerprint density at radius 1 is 1.42 bits per heavy atom. The summed E-state index contributed by atoms with van der Waals surface area (Å²) in [6.45, 7) is 8.20. The van der Waals surface area contributed by atoms with Crippen molar-refractivity contribution in [2.45, 2.75) is 19.4 Å². The minimum Gasteiger partial charge on any atom is -0.103 e. The van der Waals surface area contributed by atoms with Crippen LogP contribution in [0.2, 0.25) is 0 Å². The molecule has 1 atom stereocenters. The quantitative estimate of drug-likeness (QED) is 0.477. The lowest BCUT2D eigenvalue weighted by molar-refractivity contribution is 1.15. The van der Waals surface area contributed by atoms with E-state index in [1.54, 1.807) is 0 Å². The molecule has 0 saturated carbocycles. The van der Waals surface area contributed by atoms with Gasteiger partial charge in [-0.25, -0.2) is 0 Å². The third-order valence-corrected chi connectivity index (χ3v) is 3.58. The maximum absolute atomic E-state index is 3.84. The predicted octanol–water partition coefficient (Wildman–Crippen LogP) is 1.90. The highest BCUT2D eigenvalue weighted by Crippen LogP contribution is 2.20. The van der Waals surface area contributed by atoms with Gasteiger partial charge in [0.15, 0.2) is 0 Å². The molecule has 0 nitrogen and oxygen atoms in total. The third kappa shape index (κ3) is 1.67. The van der Waals surface area contributed by atoms with E-state index >= 15 is 0 Å². The van der Waals surface area contributed by atoms with Gasteiger partial charge in [0.2, 0.25) is 0 Å². The molecular formula is C11H16Si. The average molecular weight is 176 g/mol. The van der Waals surface area contributed by atoms with Crippen LogP contribution in [0.1, 0.15) is 22.2 Å². The van der Waals surface area contributed by atoms with Crippen molar-refractivity contribution in [3.05, 3.63) is 47.5 Å². The van der Waals surface area contributed by atoms with E-state index in [2.05, 4.69) is 38.6 Å². The van der Waals surface area contributed by atoms with Gasteiger partial charge in [-0.15, -0.1) is 6.58 Å². The van der Waals surface area contributed by atoms with E-state index in [0.717, 1.165) is 10.2 Å². The Morgan fingerprint density at radius 3 is 2.67 bits per heavy atom. The molecule has 0 aliphatic carbocycles. The molecule has 12 heavy (non-hydrogen) atoms. The van der Waals surface area contributed by atoms with Gasteiger partial charge in [-0.3, -0.25) is 0 Å². The van der Waals surface area contributed by atoms with Crippen molar-refractivity contribution in [2.75, 3.05) is 0 Å². The van der Waals surface area contributed by atoms with Crippen LogP contribution in [-0.2, 0) is 0 Å². The Morgan fingerprint density at radius 2 is 2.08 bits per heavy atom. The molecule has 0 saturated heterocycles. The van der Waals surface area contributed by atoms with Gasteiger partial charge >= 0.3 is 0 Å². The highest BCUT2D eigenvalue weighted by Gasteiger charge is 2.04. The fourth-order valence-corrected chi connectivity index (χ4v) is 2.02. The lowest BCUT2D eigenvalue weighted by Crippen LogP contribution is -1.98. The van der Waals surface area contributed by atoms with Crippen LogP contribution in [0.4, 0.5) is 0 Å². The van der Waals surface area contributed by atoms with Crippen LogP contribution in [0.25, 0.3) is 0 Å². The SMILES string of the molecule is C=CC([SiH3])c1cccc(C)c1C. The normalized spacial score (nSPS) is 12.8. The minimum atomic E-state index is 0.602. The van der Waals surface area contributed by atoms with Crippen molar-refractivity contribution in [1.29, 1.82) is 0 Å². The van der Waals surface area contributed by atoms with Crippen molar-refractivity contribution in [1.82, 2.24) is 0 Å². The fourth-order valence-electron chi connectivity index (χ4n) is 1.39. The van der Waals surface area contributed by atoms with E-state index in [4.69, 9.17) is 0 Å². The lowest BCUT2D eigenvalue weighted by Gasteiger charge is -2.11. The fraction of sp³-hybridized carbons (Fsp3) is 0.273. The topological polar surface area (TPSA) is 0 Å². The second-order valence-corrected chi connectivity index (χ2v) is 4.56. The molecule has 1 heteroatoms. The van der Waals surface area contributed by atoms with E-state index < -0.39 is 0 Å². The molecule has 0 radical (unpaired) electrons. The average Bonchev–Trinajstić information content (AvgIpc) is 2.08. The Kier molecular flexibility index (Phi) is 2.87. The van der Waals surface area contributed by atoms with Crippen molar-refractivity contribution in [2.24, 2.45) is 0 Å². The van der Waals surface area contributed by atoms with Crippen molar-refractivity contribution in [3.63, 3.8) is 0 Å². The number of allylic oxidation sites excluding steroid dienone is 1. The van der Waals surface area contributed by atoms with Crippen molar-refractivity contribution in [3.8, 4) is 0 Å². The predicted molar refractivity (Wildman–Crippen MR) is 58.8 cm³/mol. The summed E-state index contributed by atoms with van der Waals surface area (Å²) in [7, 11) is 1.16. The Balaban J connectivity index is 3.15. The molecular weight excluding hydrogens is 160 g/mol. The zero-order valence-corrected chi connectivity index (χ0v) is 10.1. The molecule has 64 valence electrons. The summed E-state index contributed by atoms with van der Waals surface area (Å²) in [5, 5.41) is 0. The van der Waals surface area contributed by atoms with Gasteiger partial charge in [0.1, 0.15) is 0 Å². The first kappa shape index (κ1) is 9.27. The molecule has 0 amide bonds. The number of aryl methyl sites for hydroxylation is 1. The molecule has 0 aromatic heterocycles. The Hall–Kier alpha value is -0.823. The number of hydrogen-bond acceptors (Lipinski definition) is 0. The van der Waals surface area contributed by atoms with E-state index in [1.165, 1.54) is 16.7 Å². The molecule has 0 bridgehead atoms. The summed E-state index contributed by atoms with van der Waals surface area (Å²) < 4.78 is 0. The zero-order valence-electron chi connectivity index (χ0n) is 8.09. The smallest absolute Gasteiger partial charge is 0.0171 e. The van der Waals surface area contributed by atoms with Crippen molar-refractivity contribution < 1.29 is 0 Å². The maximum atomic E-state index is 3.84. The molecule has 0 heterocycles. The summed E-state index contributed by atoms with van der Waals surface area (Å²) in [6.07, 6.45) is 2.05. The molecule has 0 N–H and O–H groups in total. The molecule has 0 fully saturated rings. The summed E-state index contributed by atoms with van der Waals surface area (Å²) >= 11 is 0. The van der Waals surface area contributed by atoms with E-state index in [0.29, 0.717) is 5.54 Å². The molecule has 1 aromatic carbocycles. The molecule has 1 unspecified atom stereocenters. The lowest BCUT2D eigenvalue weighted by atomic mass is 10.0. The molecule has 0 spiro atoms. The number of benzene rings is 1. The van der Waals surface area contributed by atoms with Gasteiger partial charge in [0, 0.05) is 10.2 Å². The van der Waals surface area contributed by atoms with Crippen LogP contribution in [0.3, 0.4) is 0 Å². The van der Waals surface area contributed by atoms with Crippen LogP contribution >= 0.6 is 0 Å². The van der Waals surface area contributed by atoms with E-state index in [-0.39, 0.29) is 0 Å². The number of hydrogen-bond donors (Lipinski definition) is 0. The second kappa shape index (κ2) is 3.72. The van der Waals surface area contributed by atoms with Gasteiger partial charge < -0.3 is 0 Å². The van der Waals surface area contributed by atoms with Gasteiger partial charge in [-0.05, 0) is 36.1 Å². The number of rotatable bonds is 2. The maximum Gasteiger partial charge on any atom is 0.0171 e. The van der Waals surface area contributed by atoms with Gasteiger partial charge in [0.05, 0.1) is 0 Å². The highest BCUT2D eigenvalue weighted by molar-refractivity contribution is 6.13. The second-order valence-electron chi connectivity index (χ2n) is 3.31. The molecule has 1 rings (SSSR count). The van der Waals surface area contributed by atoms with Crippen LogP contribution in [0.15, 0.2) is 30.9 Å². The van der Waals surface area contributed by atoms with Crippen LogP contribution in [0, 0.1) is 13.8 Å². The zero-order chi connectivity index (χ0) is 9.14. The van der Waals surface area contributed by atoms with Gasteiger partial charge in [-0.2, -0.15) is 0 Å². The van der Waals surface area contributed by atoms with E-state index in [9.17, 15) is 0 Å². The van der Waals surface area contributed by atoms with Crippen LogP contribution < -0.4 is 0 Å². The standard InChI is InChI=1S/C11H16Si/c1-4-11(12)10-7-5-6-8(2)9(10)3/h4-7,11H,1H2,2-3,12H3. The summed E-state index contributed by atoms with van der Waals surface area (Å²) in [4.78, 5) is 0. The minimum absolute atomic E-state index is 0.602. The monoisotopic (exact) mass is 176 g/mol. The summed E-state index contributed by atoms with van der Waals surface area (Å²) in [5.74, 6) is 0. The van der Waals surface area contributed by atoms with Crippen LogP contribution in [0.5, 0.6) is 0 Å². The molecule has 1 aromatic rings. The van der Waals surface area contributed by atoms with Crippen LogP contribution in [-0.4, -0.2) is 10.2 Å². The van der Waals surface area contributed by atoms with Crippen molar-refractivity contribution >= 4 is 10.2 Å². The molecule has 0 aliphatic heterocycles. The Bertz CT molecular complexity index is 289. The van der Waals surface area contributed by atoms with E-state index in [1.807, 2.05) is 6.08 Å². The van der Waals surface area contributed by atoms with Gasteiger partial charge in [0.25, 0.3) is 0 Å². The van der Waals surface area contributed by atoms with Gasteiger partial charge in [-0.1, -0.05) is 24.3 Å².